The molecule has 0 aromatic heterocycles. The van der Waals surface area contributed by atoms with Crippen molar-refractivity contribution in [2.75, 3.05) is 51.9 Å². The maximum Gasteiger partial charge on any atom is 0.325 e. The van der Waals surface area contributed by atoms with Gasteiger partial charge >= 0.3 is 6.03 Å². The smallest absolute Gasteiger partial charge is 0.325 e. The molecule has 0 atom stereocenters. The van der Waals surface area contributed by atoms with Crippen molar-refractivity contribution in [3.05, 3.63) is 24.3 Å². The van der Waals surface area contributed by atoms with Crippen LogP contribution < -0.4 is 15.0 Å². The first-order valence-corrected chi connectivity index (χ1v) is 8.20. The summed E-state index contributed by atoms with van der Waals surface area (Å²) in [7, 11) is 3.00. The molecule has 0 unspecified atom stereocenters. The third-order valence-electron chi connectivity index (χ3n) is 3.88. The second kappa shape index (κ2) is 9.24. The zero-order valence-electron chi connectivity index (χ0n) is 14.9. The fourth-order valence-electron chi connectivity index (χ4n) is 2.55. The summed E-state index contributed by atoms with van der Waals surface area (Å²) in [6.07, 6.45) is -0.501. The molecule has 1 fully saturated rings. The summed E-state index contributed by atoms with van der Waals surface area (Å²) in [6.45, 7) is 3.79. The van der Waals surface area contributed by atoms with E-state index in [1.165, 1.54) is 19.1 Å². The van der Waals surface area contributed by atoms with Gasteiger partial charge in [0.25, 0.3) is 0 Å². The van der Waals surface area contributed by atoms with Crippen LogP contribution in [0.3, 0.4) is 0 Å². The monoisotopic (exact) mass is 351 g/mol. The highest BCUT2D eigenvalue weighted by atomic mass is 16.7. The summed E-state index contributed by atoms with van der Waals surface area (Å²) < 4.78 is 15.4. The van der Waals surface area contributed by atoms with Gasteiger partial charge in [0.05, 0.1) is 13.2 Å². The Balaban J connectivity index is 1.87. The predicted octanol–water partition coefficient (Wildman–Crippen LogP) is 1.06. The van der Waals surface area contributed by atoms with Gasteiger partial charge in [0.1, 0.15) is 12.3 Å². The molecule has 25 heavy (non-hydrogen) atoms. The van der Waals surface area contributed by atoms with E-state index in [-0.39, 0.29) is 25.0 Å². The summed E-state index contributed by atoms with van der Waals surface area (Å²) in [5, 5.41) is 2.69. The number of nitrogens with one attached hydrogen (secondary N) is 1. The predicted molar refractivity (Wildman–Crippen MR) is 92.7 cm³/mol. The van der Waals surface area contributed by atoms with E-state index in [2.05, 4.69) is 5.32 Å². The minimum absolute atomic E-state index is 0.00646. The van der Waals surface area contributed by atoms with Gasteiger partial charge in [0.15, 0.2) is 6.29 Å². The van der Waals surface area contributed by atoms with E-state index < -0.39 is 6.29 Å². The summed E-state index contributed by atoms with van der Waals surface area (Å²) >= 11 is 0. The van der Waals surface area contributed by atoms with E-state index >= 15 is 0 Å². The molecular formula is C17H25N3O5. The second-order valence-corrected chi connectivity index (χ2v) is 5.49. The van der Waals surface area contributed by atoms with E-state index in [4.69, 9.17) is 14.2 Å². The molecule has 1 aromatic carbocycles. The van der Waals surface area contributed by atoms with Crippen molar-refractivity contribution in [2.45, 2.75) is 13.2 Å². The number of methoxy groups -OCH3 is 2. The van der Waals surface area contributed by atoms with Crippen molar-refractivity contribution < 1.29 is 23.8 Å². The molecule has 3 amide bonds. The molecule has 0 radical (unpaired) electrons. The Labute approximate surface area is 147 Å². The highest BCUT2D eigenvalue weighted by Crippen LogP contribution is 2.23. The Morgan fingerprint density at radius 2 is 1.88 bits per heavy atom. The van der Waals surface area contributed by atoms with Crippen molar-refractivity contribution in [3.8, 4) is 5.75 Å². The SMILES string of the molecule is CCOc1ccc(N2CCN(CC(=O)NCC(OC)OC)C2=O)cc1. The topological polar surface area (TPSA) is 80.3 Å². The Morgan fingerprint density at radius 3 is 2.48 bits per heavy atom. The molecule has 8 nitrogen and oxygen atoms in total. The van der Waals surface area contributed by atoms with Gasteiger partial charge in [-0.25, -0.2) is 4.79 Å². The van der Waals surface area contributed by atoms with Crippen LogP contribution in [0, 0.1) is 0 Å². The Kier molecular flexibility index (Phi) is 7.03. The van der Waals surface area contributed by atoms with E-state index in [1.54, 1.807) is 4.90 Å². The number of carbonyl (C=O) groups is 2. The molecule has 1 N–H and O–H groups in total. The van der Waals surface area contributed by atoms with Crippen molar-refractivity contribution in [2.24, 2.45) is 0 Å². The molecule has 8 heteroatoms. The van der Waals surface area contributed by atoms with Crippen LogP contribution in [0.15, 0.2) is 24.3 Å². The molecule has 138 valence electrons. The summed E-state index contributed by atoms with van der Waals surface area (Å²) in [5.74, 6) is 0.515. The maximum atomic E-state index is 12.5. The third kappa shape index (κ3) is 5.07. The van der Waals surface area contributed by atoms with Gasteiger partial charge in [-0.2, -0.15) is 0 Å². The lowest BCUT2D eigenvalue weighted by Crippen LogP contribution is -2.42. The fraction of sp³-hybridized carbons (Fsp3) is 0.529. The molecule has 1 aliphatic rings. The van der Waals surface area contributed by atoms with E-state index in [0.717, 1.165) is 11.4 Å². The normalized spacial score (nSPS) is 14.3. The van der Waals surface area contributed by atoms with Crippen LogP contribution in [-0.2, 0) is 14.3 Å². The number of hydrogen-bond donors (Lipinski definition) is 1. The standard InChI is InChI=1S/C17H25N3O5/c1-4-25-14-7-5-13(6-8-14)20-10-9-19(17(20)22)12-15(21)18-11-16(23-2)24-3/h5-8,16H,4,9-12H2,1-3H3,(H,18,21). The molecule has 1 aromatic rings. The van der Waals surface area contributed by atoms with Gasteiger partial charge in [-0.05, 0) is 31.2 Å². The molecule has 1 saturated heterocycles. The van der Waals surface area contributed by atoms with Gasteiger partial charge in [-0.3, -0.25) is 9.69 Å². The number of urea groups is 1. The quantitative estimate of drug-likeness (QED) is 0.673. The number of amides is 3. The van der Waals surface area contributed by atoms with Crippen LogP contribution in [0.25, 0.3) is 0 Å². The first kappa shape index (κ1) is 19.0. The van der Waals surface area contributed by atoms with Gasteiger partial charge in [-0.1, -0.05) is 0 Å². The molecule has 1 heterocycles. The number of ether oxygens (including phenoxy) is 3. The number of rotatable bonds is 9. The lowest BCUT2D eigenvalue weighted by atomic mass is 10.3. The van der Waals surface area contributed by atoms with Gasteiger partial charge < -0.3 is 24.4 Å². The number of carbonyl (C=O) groups excluding carboxylic acids is 2. The van der Waals surface area contributed by atoms with Crippen LogP contribution in [-0.4, -0.2) is 70.1 Å². The molecular weight excluding hydrogens is 326 g/mol. The van der Waals surface area contributed by atoms with Gasteiger partial charge in [0, 0.05) is 33.0 Å². The number of nitrogens with zero attached hydrogens (tertiary/aromatic N) is 2. The maximum absolute atomic E-state index is 12.5. The van der Waals surface area contributed by atoms with Crippen molar-refractivity contribution in [3.63, 3.8) is 0 Å². The molecule has 2 rings (SSSR count). The summed E-state index contributed by atoms with van der Waals surface area (Å²) in [4.78, 5) is 27.6. The molecule has 0 saturated carbocycles. The fourth-order valence-corrected chi connectivity index (χ4v) is 2.55. The number of anilines is 1. The first-order chi connectivity index (χ1) is 12.1. The van der Waals surface area contributed by atoms with Crippen molar-refractivity contribution in [1.82, 2.24) is 10.2 Å². The number of benzene rings is 1. The summed E-state index contributed by atoms with van der Waals surface area (Å²) in [5.41, 5.74) is 0.787. The van der Waals surface area contributed by atoms with E-state index in [0.29, 0.717) is 19.7 Å². The lowest BCUT2D eigenvalue weighted by Gasteiger charge is -2.19. The van der Waals surface area contributed by atoms with Gasteiger partial charge in [0.2, 0.25) is 5.91 Å². The van der Waals surface area contributed by atoms with E-state index in [9.17, 15) is 9.59 Å². The second-order valence-electron chi connectivity index (χ2n) is 5.49. The lowest BCUT2D eigenvalue weighted by molar-refractivity contribution is -0.127. The van der Waals surface area contributed by atoms with Crippen LogP contribution in [0.5, 0.6) is 5.75 Å². The van der Waals surface area contributed by atoms with E-state index in [1.807, 2.05) is 31.2 Å². The molecule has 0 aliphatic carbocycles. The first-order valence-electron chi connectivity index (χ1n) is 8.20. The third-order valence-corrected chi connectivity index (χ3v) is 3.88. The largest absolute Gasteiger partial charge is 0.494 e. The molecule has 0 spiro atoms. The summed E-state index contributed by atoms with van der Waals surface area (Å²) in [6, 6.07) is 7.16. The zero-order valence-corrected chi connectivity index (χ0v) is 14.9. The highest BCUT2D eigenvalue weighted by molar-refractivity contribution is 5.96. The van der Waals surface area contributed by atoms with Crippen molar-refractivity contribution in [1.29, 1.82) is 0 Å². The van der Waals surface area contributed by atoms with Gasteiger partial charge in [-0.15, -0.1) is 0 Å². The zero-order chi connectivity index (χ0) is 18.2. The Morgan fingerprint density at radius 1 is 1.20 bits per heavy atom. The van der Waals surface area contributed by atoms with Crippen LogP contribution >= 0.6 is 0 Å². The Bertz CT molecular complexity index is 574. The Hall–Kier alpha value is -2.32. The highest BCUT2D eigenvalue weighted by Gasteiger charge is 2.30. The van der Waals surface area contributed by atoms with Crippen LogP contribution in [0.4, 0.5) is 10.5 Å². The minimum atomic E-state index is -0.501. The average molecular weight is 351 g/mol. The van der Waals surface area contributed by atoms with Crippen LogP contribution in [0.1, 0.15) is 6.92 Å². The minimum Gasteiger partial charge on any atom is -0.494 e. The molecule has 0 bridgehead atoms. The van der Waals surface area contributed by atoms with Crippen LogP contribution in [0.2, 0.25) is 0 Å². The average Bonchev–Trinajstić information content (AvgIpc) is 2.97. The van der Waals surface area contributed by atoms with Crippen molar-refractivity contribution >= 4 is 17.6 Å². The molecule has 1 aliphatic heterocycles. The number of hydrogen-bond acceptors (Lipinski definition) is 5.